The summed E-state index contributed by atoms with van der Waals surface area (Å²) in [7, 11) is 1.83. The number of aryl methyl sites for hydroxylation is 1. The summed E-state index contributed by atoms with van der Waals surface area (Å²) in [6.45, 7) is 6.76. The van der Waals surface area contributed by atoms with Crippen molar-refractivity contribution in [3.63, 3.8) is 0 Å². The van der Waals surface area contributed by atoms with Crippen LogP contribution < -0.4 is 0 Å². The second kappa shape index (κ2) is 4.27. The molecule has 0 fully saturated rings. The number of rotatable bonds is 0. The zero-order valence-electron chi connectivity index (χ0n) is 9.29. The smallest absolute Gasteiger partial charge is 0.254 e. The molecule has 1 aromatic rings. The molecule has 1 amide bonds. The van der Waals surface area contributed by atoms with Crippen LogP contribution in [-0.2, 0) is 6.54 Å². The molecule has 0 aromatic heterocycles. The van der Waals surface area contributed by atoms with Crippen molar-refractivity contribution in [2.24, 2.45) is 0 Å². The Labute approximate surface area is 85.5 Å². The molecular weight excluding hydrogens is 174 g/mol. The molecule has 1 aromatic carbocycles. The van der Waals surface area contributed by atoms with Crippen LogP contribution in [0.1, 0.15) is 35.3 Å². The molecule has 14 heavy (non-hydrogen) atoms. The molecule has 1 aliphatic heterocycles. The van der Waals surface area contributed by atoms with Crippen LogP contribution in [0, 0.1) is 6.92 Å². The number of amides is 1. The fraction of sp³-hybridized carbons (Fsp3) is 0.417. The summed E-state index contributed by atoms with van der Waals surface area (Å²) in [6, 6.07) is 6.04. The second-order valence-corrected chi connectivity index (χ2v) is 3.32. The van der Waals surface area contributed by atoms with Crippen molar-refractivity contribution in [3.8, 4) is 0 Å². The van der Waals surface area contributed by atoms with Gasteiger partial charge >= 0.3 is 0 Å². The van der Waals surface area contributed by atoms with Crippen LogP contribution in [0.4, 0.5) is 0 Å². The van der Waals surface area contributed by atoms with Crippen molar-refractivity contribution in [1.29, 1.82) is 0 Å². The van der Waals surface area contributed by atoms with E-state index in [4.69, 9.17) is 0 Å². The lowest BCUT2D eigenvalue weighted by Crippen LogP contribution is -2.17. The Hall–Kier alpha value is -1.31. The van der Waals surface area contributed by atoms with Crippen LogP contribution in [-0.4, -0.2) is 17.9 Å². The van der Waals surface area contributed by atoms with Gasteiger partial charge in [-0.3, -0.25) is 4.79 Å². The third kappa shape index (κ3) is 1.79. The number of carbonyl (C=O) groups excluding carboxylic acids is 1. The Balaban J connectivity index is 0.000000461. The Morgan fingerprint density at radius 2 is 1.93 bits per heavy atom. The average Bonchev–Trinajstić information content (AvgIpc) is 2.48. The molecule has 76 valence electrons. The minimum Gasteiger partial charge on any atom is -0.337 e. The van der Waals surface area contributed by atoms with Gasteiger partial charge in [-0.2, -0.15) is 0 Å². The first-order valence-corrected chi connectivity index (χ1v) is 5.03. The summed E-state index contributed by atoms with van der Waals surface area (Å²) in [6.07, 6.45) is 0. The van der Waals surface area contributed by atoms with Gasteiger partial charge in [0.2, 0.25) is 0 Å². The first-order valence-electron chi connectivity index (χ1n) is 5.03. The maximum Gasteiger partial charge on any atom is 0.254 e. The summed E-state index contributed by atoms with van der Waals surface area (Å²) in [4.78, 5) is 13.2. The summed E-state index contributed by atoms with van der Waals surface area (Å²) >= 11 is 0. The van der Waals surface area contributed by atoms with Gasteiger partial charge < -0.3 is 4.90 Å². The highest BCUT2D eigenvalue weighted by atomic mass is 16.2. The van der Waals surface area contributed by atoms with Gasteiger partial charge in [0.1, 0.15) is 0 Å². The van der Waals surface area contributed by atoms with Crippen molar-refractivity contribution in [3.05, 3.63) is 34.9 Å². The van der Waals surface area contributed by atoms with E-state index in [2.05, 4.69) is 0 Å². The first kappa shape index (κ1) is 10.8. The molecule has 0 spiro atoms. The fourth-order valence-electron chi connectivity index (χ4n) is 1.56. The van der Waals surface area contributed by atoms with Gasteiger partial charge in [-0.15, -0.1) is 0 Å². The Morgan fingerprint density at radius 3 is 2.57 bits per heavy atom. The lowest BCUT2D eigenvalue weighted by atomic mass is 10.1. The first-order chi connectivity index (χ1) is 6.68. The summed E-state index contributed by atoms with van der Waals surface area (Å²) in [5, 5.41) is 0. The summed E-state index contributed by atoms with van der Waals surface area (Å²) in [5.74, 6) is 0.147. The van der Waals surface area contributed by atoms with E-state index in [0.29, 0.717) is 0 Å². The topological polar surface area (TPSA) is 20.3 Å². The molecule has 0 saturated carbocycles. The average molecular weight is 191 g/mol. The molecule has 1 heterocycles. The van der Waals surface area contributed by atoms with E-state index in [0.717, 1.165) is 23.2 Å². The van der Waals surface area contributed by atoms with Gasteiger partial charge in [0.15, 0.2) is 0 Å². The number of nitrogens with zero attached hydrogens (tertiary/aromatic N) is 1. The van der Waals surface area contributed by atoms with Gasteiger partial charge in [0.05, 0.1) is 0 Å². The monoisotopic (exact) mass is 191 g/mol. The molecular formula is C12H17NO. The Morgan fingerprint density at radius 1 is 1.29 bits per heavy atom. The van der Waals surface area contributed by atoms with Crippen molar-refractivity contribution in [2.45, 2.75) is 27.3 Å². The van der Waals surface area contributed by atoms with E-state index in [1.165, 1.54) is 0 Å². The molecule has 2 nitrogen and oxygen atoms in total. The van der Waals surface area contributed by atoms with E-state index in [1.54, 1.807) is 4.90 Å². The molecule has 1 aliphatic rings. The second-order valence-electron chi connectivity index (χ2n) is 3.32. The number of fused-ring (bicyclic) bond motifs is 1. The number of benzene rings is 1. The van der Waals surface area contributed by atoms with Crippen molar-refractivity contribution >= 4 is 5.91 Å². The van der Waals surface area contributed by atoms with Crippen LogP contribution in [0.25, 0.3) is 0 Å². The highest BCUT2D eigenvalue weighted by Gasteiger charge is 2.23. The van der Waals surface area contributed by atoms with Gasteiger partial charge in [0.25, 0.3) is 5.91 Å². The van der Waals surface area contributed by atoms with Crippen LogP contribution >= 0.6 is 0 Å². The minimum absolute atomic E-state index is 0.147. The lowest BCUT2D eigenvalue weighted by molar-refractivity contribution is 0.0816. The van der Waals surface area contributed by atoms with E-state index >= 15 is 0 Å². The summed E-state index contributed by atoms with van der Waals surface area (Å²) in [5.41, 5.74) is 3.17. The molecule has 0 bridgehead atoms. The van der Waals surface area contributed by atoms with Crippen LogP contribution in [0.15, 0.2) is 18.2 Å². The third-order valence-corrected chi connectivity index (χ3v) is 2.25. The molecule has 0 unspecified atom stereocenters. The zero-order chi connectivity index (χ0) is 10.7. The van der Waals surface area contributed by atoms with Crippen LogP contribution in [0.5, 0.6) is 0 Å². The number of hydrogen-bond acceptors (Lipinski definition) is 1. The molecule has 2 rings (SSSR count). The van der Waals surface area contributed by atoms with Gasteiger partial charge in [0, 0.05) is 19.2 Å². The molecule has 0 radical (unpaired) electrons. The van der Waals surface area contributed by atoms with Crippen LogP contribution in [0.2, 0.25) is 0 Å². The van der Waals surface area contributed by atoms with Crippen LogP contribution in [0.3, 0.4) is 0 Å². The van der Waals surface area contributed by atoms with Crippen molar-refractivity contribution in [2.75, 3.05) is 7.05 Å². The lowest BCUT2D eigenvalue weighted by Gasteiger charge is -2.04. The number of hydrogen-bond donors (Lipinski definition) is 0. The SMILES string of the molecule is CC.Cc1ccc2c(c1)C(=O)N(C)C2. The third-order valence-electron chi connectivity index (χ3n) is 2.25. The van der Waals surface area contributed by atoms with E-state index in [9.17, 15) is 4.79 Å². The normalized spacial score (nSPS) is 13.4. The molecule has 0 aliphatic carbocycles. The number of carbonyl (C=O) groups is 1. The minimum atomic E-state index is 0.147. The standard InChI is InChI=1S/C10H11NO.C2H6/c1-7-3-4-8-6-11(2)10(12)9(8)5-7;1-2/h3-5H,6H2,1-2H3;1-2H3. The predicted molar refractivity (Wildman–Crippen MR) is 58.3 cm³/mol. The van der Waals surface area contributed by atoms with Gasteiger partial charge in [-0.1, -0.05) is 31.5 Å². The summed E-state index contributed by atoms with van der Waals surface area (Å²) < 4.78 is 0. The molecule has 2 heteroatoms. The van der Waals surface area contributed by atoms with E-state index in [1.807, 2.05) is 46.0 Å². The molecule has 0 N–H and O–H groups in total. The fourth-order valence-corrected chi connectivity index (χ4v) is 1.56. The maximum absolute atomic E-state index is 11.5. The highest BCUT2D eigenvalue weighted by molar-refractivity contribution is 5.98. The largest absolute Gasteiger partial charge is 0.337 e. The van der Waals surface area contributed by atoms with Gasteiger partial charge in [-0.25, -0.2) is 0 Å². The Kier molecular flexibility index (Phi) is 3.28. The van der Waals surface area contributed by atoms with Crippen molar-refractivity contribution < 1.29 is 4.79 Å². The highest BCUT2D eigenvalue weighted by Crippen LogP contribution is 2.21. The van der Waals surface area contributed by atoms with Crippen molar-refractivity contribution in [1.82, 2.24) is 4.90 Å². The molecule has 0 saturated heterocycles. The maximum atomic E-state index is 11.5. The van der Waals surface area contributed by atoms with E-state index in [-0.39, 0.29) is 5.91 Å². The quantitative estimate of drug-likeness (QED) is 0.617. The van der Waals surface area contributed by atoms with E-state index < -0.39 is 0 Å². The zero-order valence-corrected chi connectivity index (χ0v) is 9.29. The van der Waals surface area contributed by atoms with Gasteiger partial charge in [-0.05, 0) is 18.6 Å². The predicted octanol–water partition coefficient (Wildman–Crippen LogP) is 2.61. The molecule has 0 atom stereocenters. The Bertz CT molecular complexity index is 344.